The monoisotopic (exact) mass is 328 g/mol. The normalized spacial score (nSPS) is 13.7. The zero-order valence-electron chi connectivity index (χ0n) is 8.88. The molecular weight excluding hydrogens is 318 g/mol. The highest BCUT2D eigenvalue weighted by molar-refractivity contribution is 9.10. The van der Waals surface area contributed by atoms with Gasteiger partial charge in [0.1, 0.15) is 16.5 Å². The summed E-state index contributed by atoms with van der Waals surface area (Å²) in [6.07, 6.45) is 0. The molecule has 0 heterocycles. The molecule has 0 aliphatic carbocycles. The number of nitrogens with one attached hydrogen (secondary N) is 1. The Morgan fingerprint density at radius 2 is 2.00 bits per heavy atom. The fourth-order valence-corrected chi connectivity index (χ4v) is 2.73. The summed E-state index contributed by atoms with van der Waals surface area (Å²) in [6, 6.07) is 0.813. The van der Waals surface area contributed by atoms with Crippen molar-refractivity contribution in [3.05, 3.63) is 28.2 Å². The first kappa shape index (κ1) is 14.5. The highest BCUT2D eigenvalue weighted by Gasteiger charge is 2.22. The molecule has 0 amide bonds. The molecule has 0 radical (unpaired) electrons. The Balaban J connectivity index is 3.20. The second kappa shape index (κ2) is 5.38. The van der Waals surface area contributed by atoms with Crippen molar-refractivity contribution in [2.75, 3.05) is 6.54 Å². The number of hydrogen-bond acceptors (Lipinski definition) is 3. The van der Waals surface area contributed by atoms with Crippen LogP contribution in [0.2, 0.25) is 0 Å². The Morgan fingerprint density at radius 1 is 1.41 bits per heavy atom. The van der Waals surface area contributed by atoms with Crippen LogP contribution in [-0.4, -0.2) is 21.0 Å². The molecule has 0 aliphatic rings. The predicted octanol–water partition coefficient (Wildman–Crippen LogP) is 1.35. The van der Waals surface area contributed by atoms with E-state index in [0.29, 0.717) is 6.07 Å². The number of hydrogen-bond donors (Lipinski definition) is 2. The van der Waals surface area contributed by atoms with Crippen LogP contribution in [0.5, 0.6) is 0 Å². The van der Waals surface area contributed by atoms with Crippen molar-refractivity contribution >= 4 is 26.0 Å². The summed E-state index contributed by atoms with van der Waals surface area (Å²) in [6.45, 7) is 1.57. The van der Waals surface area contributed by atoms with Crippen molar-refractivity contribution in [1.82, 2.24) is 4.72 Å². The molecule has 17 heavy (non-hydrogen) atoms. The molecule has 96 valence electrons. The van der Waals surface area contributed by atoms with Crippen LogP contribution in [0.1, 0.15) is 6.92 Å². The summed E-state index contributed by atoms with van der Waals surface area (Å²) in [4.78, 5) is -0.737. The maximum atomic E-state index is 13.4. The molecule has 0 bridgehead atoms. The summed E-state index contributed by atoms with van der Waals surface area (Å²) in [5, 5.41) is 0. The van der Waals surface area contributed by atoms with Crippen LogP contribution >= 0.6 is 15.9 Å². The van der Waals surface area contributed by atoms with Gasteiger partial charge in [-0.1, -0.05) is 0 Å². The van der Waals surface area contributed by atoms with E-state index in [1.54, 1.807) is 0 Å². The topological polar surface area (TPSA) is 72.2 Å². The van der Waals surface area contributed by atoms with Crippen molar-refractivity contribution in [3.63, 3.8) is 0 Å². The van der Waals surface area contributed by atoms with Crippen LogP contribution in [0.15, 0.2) is 21.5 Å². The molecule has 1 rings (SSSR count). The molecule has 0 fully saturated rings. The molecule has 1 aromatic rings. The van der Waals surface area contributed by atoms with Crippen molar-refractivity contribution in [1.29, 1.82) is 0 Å². The lowest BCUT2D eigenvalue weighted by Crippen LogP contribution is -2.38. The van der Waals surface area contributed by atoms with E-state index in [-0.39, 0.29) is 11.0 Å². The fourth-order valence-electron chi connectivity index (χ4n) is 1.09. The van der Waals surface area contributed by atoms with Crippen LogP contribution in [0.4, 0.5) is 8.78 Å². The highest BCUT2D eigenvalue weighted by atomic mass is 79.9. The van der Waals surface area contributed by atoms with Crippen molar-refractivity contribution in [2.45, 2.75) is 17.9 Å². The lowest BCUT2D eigenvalue weighted by Gasteiger charge is -2.12. The zero-order chi connectivity index (χ0) is 13.2. The van der Waals surface area contributed by atoms with E-state index in [9.17, 15) is 17.2 Å². The van der Waals surface area contributed by atoms with E-state index < -0.39 is 32.6 Å². The minimum Gasteiger partial charge on any atom is -0.329 e. The van der Waals surface area contributed by atoms with E-state index in [2.05, 4.69) is 20.7 Å². The van der Waals surface area contributed by atoms with E-state index in [4.69, 9.17) is 5.73 Å². The number of rotatable bonds is 4. The molecule has 3 N–H and O–H groups in total. The molecule has 0 aliphatic heterocycles. The van der Waals surface area contributed by atoms with Crippen molar-refractivity contribution < 1.29 is 17.2 Å². The number of nitrogens with two attached hydrogens (primary N) is 1. The molecule has 0 unspecified atom stereocenters. The largest absolute Gasteiger partial charge is 0.329 e. The van der Waals surface area contributed by atoms with E-state index in [0.717, 1.165) is 6.07 Å². The van der Waals surface area contributed by atoms with Gasteiger partial charge in [-0.2, -0.15) is 0 Å². The van der Waals surface area contributed by atoms with Gasteiger partial charge in [0, 0.05) is 12.6 Å². The Hall–Kier alpha value is -0.570. The Bertz CT molecular complexity index is 522. The average molecular weight is 329 g/mol. The molecule has 8 heteroatoms. The zero-order valence-corrected chi connectivity index (χ0v) is 11.3. The summed E-state index contributed by atoms with van der Waals surface area (Å²) in [5.41, 5.74) is 5.25. The molecular formula is C9H11BrF2N2O2S. The molecule has 1 atom stereocenters. The highest BCUT2D eigenvalue weighted by Crippen LogP contribution is 2.23. The molecule has 4 nitrogen and oxygen atoms in total. The van der Waals surface area contributed by atoms with Gasteiger partial charge < -0.3 is 5.73 Å². The van der Waals surface area contributed by atoms with Crippen LogP contribution in [-0.2, 0) is 10.0 Å². The lowest BCUT2D eigenvalue weighted by molar-refractivity contribution is 0.534. The van der Waals surface area contributed by atoms with Gasteiger partial charge in [-0.3, -0.25) is 0 Å². The van der Waals surface area contributed by atoms with Crippen LogP contribution in [0.3, 0.4) is 0 Å². The molecule has 0 saturated carbocycles. The van der Waals surface area contributed by atoms with E-state index >= 15 is 0 Å². The van der Waals surface area contributed by atoms with Crippen LogP contribution in [0.25, 0.3) is 0 Å². The Kier molecular flexibility index (Phi) is 4.59. The fraction of sp³-hybridized carbons (Fsp3) is 0.333. The van der Waals surface area contributed by atoms with Crippen molar-refractivity contribution in [2.24, 2.45) is 5.73 Å². The first-order chi connectivity index (χ1) is 7.77. The summed E-state index contributed by atoms with van der Waals surface area (Å²) >= 11 is 2.76. The summed E-state index contributed by atoms with van der Waals surface area (Å²) in [7, 11) is -4.11. The van der Waals surface area contributed by atoms with Gasteiger partial charge in [0.15, 0.2) is 0 Å². The third-order valence-electron chi connectivity index (χ3n) is 1.97. The summed E-state index contributed by atoms with van der Waals surface area (Å²) in [5.74, 6) is -1.89. The number of benzene rings is 1. The minimum atomic E-state index is -4.11. The summed E-state index contributed by atoms with van der Waals surface area (Å²) < 4.78 is 52.0. The predicted molar refractivity (Wildman–Crippen MR) is 62.9 cm³/mol. The van der Waals surface area contributed by atoms with Gasteiger partial charge in [-0.05, 0) is 35.0 Å². The van der Waals surface area contributed by atoms with Gasteiger partial charge in [-0.25, -0.2) is 21.9 Å². The standard InChI is InChI=1S/C9H11BrF2N2O2S/c1-5(4-13)14-17(15,16)9-3-7(11)6(10)2-8(9)12/h2-3,5,14H,4,13H2,1H3/t5-/m0/s1. The first-order valence-electron chi connectivity index (χ1n) is 4.65. The Morgan fingerprint density at radius 3 is 2.53 bits per heavy atom. The molecule has 0 spiro atoms. The second-order valence-electron chi connectivity index (χ2n) is 3.45. The molecule has 0 aromatic heterocycles. The molecule has 0 saturated heterocycles. The third kappa shape index (κ3) is 3.44. The van der Waals surface area contributed by atoms with Gasteiger partial charge in [-0.15, -0.1) is 0 Å². The Labute approximate surface area is 106 Å². The molecule has 1 aromatic carbocycles. The van der Waals surface area contributed by atoms with Crippen LogP contribution in [0, 0.1) is 11.6 Å². The first-order valence-corrected chi connectivity index (χ1v) is 6.92. The maximum absolute atomic E-state index is 13.4. The second-order valence-corrected chi connectivity index (χ2v) is 5.99. The third-order valence-corrected chi connectivity index (χ3v) is 4.19. The SMILES string of the molecule is C[C@@H](CN)NS(=O)(=O)c1cc(F)c(Br)cc1F. The van der Waals surface area contributed by atoms with E-state index in [1.165, 1.54) is 6.92 Å². The van der Waals surface area contributed by atoms with E-state index in [1.807, 2.05) is 0 Å². The van der Waals surface area contributed by atoms with Gasteiger partial charge in [0.25, 0.3) is 0 Å². The van der Waals surface area contributed by atoms with Crippen LogP contribution < -0.4 is 10.5 Å². The number of halogens is 3. The number of sulfonamides is 1. The lowest BCUT2D eigenvalue weighted by atomic mass is 10.3. The van der Waals surface area contributed by atoms with Crippen molar-refractivity contribution in [3.8, 4) is 0 Å². The van der Waals surface area contributed by atoms with Gasteiger partial charge in [0.2, 0.25) is 10.0 Å². The quantitative estimate of drug-likeness (QED) is 0.819. The minimum absolute atomic E-state index is 0.0554. The van der Waals surface area contributed by atoms with Gasteiger partial charge >= 0.3 is 0 Å². The smallest absolute Gasteiger partial charge is 0.243 e. The average Bonchev–Trinajstić information content (AvgIpc) is 2.22. The maximum Gasteiger partial charge on any atom is 0.243 e. The van der Waals surface area contributed by atoms with Gasteiger partial charge in [0.05, 0.1) is 4.47 Å².